The molecule has 0 spiro atoms. The van der Waals surface area contributed by atoms with Crippen LogP contribution in [0.4, 0.5) is 8.78 Å². The highest BCUT2D eigenvalue weighted by atomic mass is 32.2. The second-order valence-electron chi connectivity index (χ2n) is 5.76. The molecule has 0 amide bonds. The second-order valence-corrected chi connectivity index (χ2v) is 7.78. The number of halogens is 2. The maximum absolute atomic E-state index is 13.9. The fraction of sp³-hybridized carbons (Fsp3) is 0.0526. The van der Waals surface area contributed by atoms with Crippen molar-refractivity contribution >= 4 is 16.1 Å². The molecule has 0 fully saturated rings. The van der Waals surface area contributed by atoms with Crippen LogP contribution in [0.25, 0.3) is 11.3 Å². The quantitative estimate of drug-likeness (QED) is 0.602. The summed E-state index contributed by atoms with van der Waals surface area (Å²) in [5.41, 5.74) is -0.565. The molecule has 0 aliphatic rings. The molecule has 0 aliphatic heterocycles. The summed E-state index contributed by atoms with van der Waals surface area (Å²) in [7, 11) is -3.46. The standard InChI is InChI=1S/C19H12F2O6S/c1-28(24,25)14-5-2-11(3-6-14)18-19(16(23)9-13(10-22)26-18)27-17-7-4-12(20)8-15(17)21/h2-10H,1H3. The Bertz CT molecular complexity index is 1210. The van der Waals surface area contributed by atoms with Crippen molar-refractivity contribution < 1.29 is 31.1 Å². The van der Waals surface area contributed by atoms with Crippen LogP contribution < -0.4 is 10.2 Å². The average molecular weight is 406 g/mol. The largest absolute Gasteiger partial charge is 0.449 e. The third-order valence-electron chi connectivity index (χ3n) is 3.69. The monoisotopic (exact) mass is 406 g/mol. The minimum absolute atomic E-state index is 0.0252. The maximum Gasteiger partial charge on any atom is 0.228 e. The third-order valence-corrected chi connectivity index (χ3v) is 4.82. The fourth-order valence-electron chi connectivity index (χ4n) is 2.37. The first kappa shape index (κ1) is 19.4. The molecule has 9 heteroatoms. The fourth-order valence-corrected chi connectivity index (χ4v) is 3.00. The van der Waals surface area contributed by atoms with Gasteiger partial charge in [0.15, 0.2) is 39.2 Å². The van der Waals surface area contributed by atoms with Crippen LogP contribution >= 0.6 is 0 Å². The lowest BCUT2D eigenvalue weighted by atomic mass is 10.1. The first-order chi connectivity index (χ1) is 13.2. The lowest BCUT2D eigenvalue weighted by Crippen LogP contribution is -2.08. The summed E-state index contributed by atoms with van der Waals surface area (Å²) in [5.74, 6) is -3.26. The zero-order valence-electron chi connectivity index (χ0n) is 14.3. The lowest BCUT2D eigenvalue weighted by Gasteiger charge is -2.11. The number of benzene rings is 2. The number of hydrogen-bond donors (Lipinski definition) is 0. The van der Waals surface area contributed by atoms with Crippen LogP contribution in [0, 0.1) is 11.6 Å². The highest BCUT2D eigenvalue weighted by molar-refractivity contribution is 7.90. The van der Waals surface area contributed by atoms with Crippen molar-refractivity contribution in [3.8, 4) is 22.8 Å². The normalized spacial score (nSPS) is 11.2. The van der Waals surface area contributed by atoms with Gasteiger partial charge in [0.2, 0.25) is 11.2 Å². The van der Waals surface area contributed by atoms with Gasteiger partial charge in [0.25, 0.3) is 0 Å². The molecule has 3 aromatic rings. The highest BCUT2D eigenvalue weighted by Crippen LogP contribution is 2.33. The minimum atomic E-state index is -3.46. The van der Waals surface area contributed by atoms with Gasteiger partial charge in [-0.05, 0) is 36.4 Å². The van der Waals surface area contributed by atoms with Gasteiger partial charge in [0, 0.05) is 24.0 Å². The second kappa shape index (κ2) is 7.35. The molecule has 1 heterocycles. The van der Waals surface area contributed by atoms with Crippen molar-refractivity contribution in [3.63, 3.8) is 0 Å². The first-order valence-electron chi connectivity index (χ1n) is 7.76. The average Bonchev–Trinajstić information content (AvgIpc) is 2.64. The van der Waals surface area contributed by atoms with E-state index in [9.17, 15) is 26.8 Å². The predicted octanol–water partition coefficient (Wildman–Crippen LogP) is 3.59. The van der Waals surface area contributed by atoms with Gasteiger partial charge in [-0.3, -0.25) is 9.59 Å². The molecule has 3 rings (SSSR count). The number of carbonyl (C=O) groups is 1. The van der Waals surface area contributed by atoms with Crippen molar-refractivity contribution in [2.24, 2.45) is 0 Å². The topological polar surface area (TPSA) is 90.6 Å². The first-order valence-corrected chi connectivity index (χ1v) is 9.65. The number of sulfone groups is 1. The molecule has 2 aromatic carbocycles. The van der Waals surface area contributed by atoms with Crippen LogP contribution in [0.1, 0.15) is 10.6 Å². The van der Waals surface area contributed by atoms with Crippen LogP contribution in [-0.4, -0.2) is 21.0 Å². The number of rotatable bonds is 5. The van der Waals surface area contributed by atoms with E-state index in [1.807, 2.05) is 0 Å². The molecule has 6 nitrogen and oxygen atoms in total. The molecule has 28 heavy (non-hydrogen) atoms. The molecule has 0 radical (unpaired) electrons. The predicted molar refractivity (Wildman–Crippen MR) is 95.3 cm³/mol. The molecule has 0 bridgehead atoms. The number of ether oxygens (including phenoxy) is 1. The van der Waals surface area contributed by atoms with Crippen LogP contribution in [0.3, 0.4) is 0 Å². The summed E-state index contributed by atoms with van der Waals surface area (Å²) < 4.78 is 60.8. The Hall–Kier alpha value is -3.33. The molecule has 0 atom stereocenters. The van der Waals surface area contributed by atoms with Crippen LogP contribution in [0.15, 0.2) is 62.6 Å². The Morgan fingerprint density at radius 3 is 2.29 bits per heavy atom. The van der Waals surface area contributed by atoms with Gasteiger partial charge in [-0.2, -0.15) is 0 Å². The van der Waals surface area contributed by atoms with Crippen molar-refractivity contribution in [3.05, 3.63) is 76.1 Å². The molecule has 1 aromatic heterocycles. The van der Waals surface area contributed by atoms with Crippen LogP contribution in [-0.2, 0) is 9.84 Å². The van der Waals surface area contributed by atoms with E-state index < -0.39 is 38.4 Å². The van der Waals surface area contributed by atoms with Gasteiger partial charge < -0.3 is 9.15 Å². The summed E-state index contributed by atoms with van der Waals surface area (Å²) in [6.45, 7) is 0. The Balaban J connectivity index is 2.15. The van der Waals surface area contributed by atoms with E-state index in [1.165, 1.54) is 24.3 Å². The molecule has 144 valence electrons. The Labute approximate surface area is 157 Å². The summed E-state index contributed by atoms with van der Waals surface area (Å²) in [6.07, 6.45) is 1.33. The van der Waals surface area contributed by atoms with Gasteiger partial charge in [0.05, 0.1) is 4.90 Å². The minimum Gasteiger partial charge on any atom is -0.449 e. The Kier molecular flexibility index (Phi) is 5.10. The smallest absolute Gasteiger partial charge is 0.228 e. The maximum atomic E-state index is 13.9. The number of aldehydes is 1. The van der Waals surface area contributed by atoms with E-state index >= 15 is 0 Å². The van der Waals surface area contributed by atoms with Crippen molar-refractivity contribution in [1.82, 2.24) is 0 Å². The van der Waals surface area contributed by atoms with Gasteiger partial charge >= 0.3 is 0 Å². The Morgan fingerprint density at radius 1 is 1.04 bits per heavy atom. The Morgan fingerprint density at radius 2 is 1.71 bits per heavy atom. The number of carbonyl (C=O) groups excluding carboxylic acids is 1. The van der Waals surface area contributed by atoms with Gasteiger partial charge in [-0.25, -0.2) is 17.2 Å². The molecule has 0 unspecified atom stereocenters. The van der Waals surface area contributed by atoms with E-state index in [-0.39, 0.29) is 22.0 Å². The summed E-state index contributed by atoms with van der Waals surface area (Å²) in [4.78, 5) is 23.4. The van der Waals surface area contributed by atoms with Crippen molar-refractivity contribution in [1.29, 1.82) is 0 Å². The van der Waals surface area contributed by atoms with Crippen molar-refractivity contribution in [2.45, 2.75) is 4.90 Å². The molecular formula is C19H12F2O6S. The highest BCUT2D eigenvalue weighted by Gasteiger charge is 2.19. The van der Waals surface area contributed by atoms with E-state index in [4.69, 9.17) is 9.15 Å². The van der Waals surface area contributed by atoms with Gasteiger partial charge in [0.1, 0.15) is 5.82 Å². The molecule has 0 N–H and O–H groups in total. The van der Waals surface area contributed by atoms with E-state index in [0.29, 0.717) is 12.4 Å². The van der Waals surface area contributed by atoms with E-state index in [1.54, 1.807) is 0 Å². The van der Waals surface area contributed by atoms with Crippen LogP contribution in [0.2, 0.25) is 0 Å². The van der Waals surface area contributed by atoms with Gasteiger partial charge in [-0.15, -0.1) is 0 Å². The van der Waals surface area contributed by atoms with Gasteiger partial charge in [-0.1, -0.05) is 0 Å². The number of hydrogen-bond acceptors (Lipinski definition) is 6. The SMILES string of the molecule is CS(=O)(=O)c1ccc(-c2oc(C=O)cc(=O)c2Oc2ccc(F)cc2F)cc1. The molecule has 0 saturated carbocycles. The molecular weight excluding hydrogens is 394 g/mol. The van der Waals surface area contributed by atoms with Crippen LogP contribution in [0.5, 0.6) is 11.5 Å². The molecule has 0 aliphatic carbocycles. The zero-order valence-corrected chi connectivity index (χ0v) is 15.1. The summed E-state index contributed by atoms with van der Waals surface area (Å²) >= 11 is 0. The van der Waals surface area contributed by atoms with E-state index in [0.717, 1.165) is 24.5 Å². The summed E-state index contributed by atoms with van der Waals surface area (Å²) in [6, 6.07) is 8.62. The zero-order chi connectivity index (χ0) is 20.5. The summed E-state index contributed by atoms with van der Waals surface area (Å²) in [5, 5.41) is 0. The third kappa shape index (κ3) is 3.99. The van der Waals surface area contributed by atoms with E-state index in [2.05, 4.69) is 0 Å². The van der Waals surface area contributed by atoms with Crippen molar-refractivity contribution in [2.75, 3.05) is 6.26 Å². The lowest BCUT2D eigenvalue weighted by molar-refractivity contribution is 0.109. The molecule has 0 saturated heterocycles.